The molecule has 0 saturated carbocycles. The molecule has 0 aliphatic rings. The lowest BCUT2D eigenvalue weighted by Crippen LogP contribution is -2.07. The van der Waals surface area contributed by atoms with Crippen LogP contribution in [0.15, 0.2) is 0 Å². The molecule has 4 nitrogen and oxygen atoms in total. The molecular weight excluding hydrogens is 256 g/mol. The molecule has 0 saturated heterocycles. The first-order valence-electron chi connectivity index (χ1n) is 4.47. The Bertz CT molecular complexity index is 210. The maximum absolute atomic E-state index is 10.9. The van der Waals surface area contributed by atoms with Crippen molar-refractivity contribution in [1.29, 1.82) is 0 Å². The molecule has 0 rings (SSSR count). The number of aliphatic carboxylic acids is 1. The van der Waals surface area contributed by atoms with E-state index in [1.54, 1.807) is 6.92 Å². The number of thiol groups is 1. The van der Waals surface area contributed by atoms with E-state index < -0.39 is 5.97 Å². The van der Waals surface area contributed by atoms with Crippen LogP contribution in [0.3, 0.4) is 0 Å². The number of esters is 1. The highest BCUT2D eigenvalue weighted by Gasteiger charge is 2.18. The van der Waals surface area contributed by atoms with Crippen LogP contribution in [0, 0.1) is 0 Å². The molecule has 7 heteroatoms. The lowest BCUT2D eigenvalue weighted by molar-refractivity contribution is -0.142. The minimum atomic E-state index is -0.812. The summed E-state index contributed by atoms with van der Waals surface area (Å²) in [4.78, 5) is 21.2. The highest BCUT2D eigenvalue weighted by atomic mass is 33.5. The van der Waals surface area contributed by atoms with Crippen LogP contribution < -0.4 is 0 Å². The molecule has 88 valence electrons. The van der Waals surface area contributed by atoms with Gasteiger partial charge in [0.1, 0.15) is 25.5 Å². The maximum Gasteiger partial charge on any atom is 0.308 e. The normalized spacial score (nSPS) is 12.1. The van der Waals surface area contributed by atoms with Gasteiger partial charge in [0.2, 0.25) is 0 Å². The molecule has 0 radical (unpaired) electrons. The molecule has 0 aromatic carbocycles. The van der Waals surface area contributed by atoms with Gasteiger partial charge in [0.15, 0.2) is 0 Å². The lowest BCUT2D eigenvalue weighted by Gasteiger charge is -1.99. The fourth-order valence-corrected chi connectivity index (χ4v) is 3.97. The standard InChI is InChI=1S/C8H14O4S3/c1-2-12-8(11)3-5-14-15(13)6-4-7(9)10/h13H,2-6H2,1H3/p+1. The Hall–Kier alpha value is -0.0100. The van der Waals surface area contributed by atoms with Crippen LogP contribution in [0.2, 0.25) is 0 Å². The maximum atomic E-state index is 10.9. The number of ether oxygens (including phenoxy) is 1. The van der Waals surface area contributed by atoms with E-state index in [9.17, 15) is 9.59 Å². The van der Waals surface area contributed by atoms with Crippen molar-refractivity contribution in [2.24, 2.45) is 0 Å². The average Bonchev–Trinajstić information content (AvgIpc) is 2.15. The van der Waals surface area contributed by atoms with Crippen LogP contribution in [0.5, 0.6) is 0 Å². The Kier molecular flexibility index (Phi) is 9.23. The van der Waals surface area contributed by atoms with Crippen LogP contribution in [0.4, 0.5) is 0 Å². The third-order valence-corrected chi connectivity index (χ3v) is 5.83. The minimum absolute atomic E-state index is 0.124. The van der Waals surface area contributed by atoms with E-state index in [2.05, 4.69) is 11.7 Å². The van der Waals surface area contributed by atoms with Gasteiger partial charge in [0, 0.05) is 0 Å². The number of rotatable bonds is 8. The number of hydrogen-bond donors (Lipinski definition) is 2. The summed E-state index contributed by atoms with van der Waals surface area (Å²) in [7, 11) is 1.21. The second kappa shape index (κ2) is 9.23. The van der Waals surface area contributed by atoms with Crippen LogP contribution in [0.25, 0.3) is 0 Å². The summed E-state index contributed by atoms with van der Waals surface area (Å²) in [5.74, 6) is 0.137. The van der Waals surface area contributed by atoms with Crippen molar-refractivity contribution in [2.75, 3.05) is 18.1 Å². The van der Waals surface area contributed by atoms with E-state index in [1.165, 1.54) is 10.8 Å². The minimum Gasteiger partial charge on any atom is -0.481 e. The second-order valence-corrected chi connectivity index (χ2v) is 8.22. The van der Waals surface area contributed by atoms with Crippen LogP contribution in [-0.2, 0) is 23.3 Å². The zero-order chi connectivity index (χ0) is 11.7. The van der Waals surface area contributed by atoms with E-state index >= 15 is 0 Å². The number of carboxylic acids is 1. The Morgan fingerprint density at radius 1 is 1.47 bits per heavy atom. The van der Waals surface area contributed by atoms with Gasteiger partial charge in [-0.25, -0.2) is 0 Å². The number of carbonyl (C=O) groups excluding carboxylic acids is 1. The first-order chi connectivity index (χ1) is 7.06. The number of carbonyl (C=O) groups is 2. The number of hydrogen-bond acceptors (Lipinski definition) is 5. The lowest BCUT2D eigenvalue weighted by atomic mass is 10.5. The van der Waals surface area contributed by atoms with Gasteiger partial charge in [-0.3, -0.25) is 9.59 Å². The molecule has 15 heavy (non-hydrogen) atoms. The smallest absolute Gasteiger partial charge is 0.308 e. The quantitative estimate of drug-likeness (QED) is 0.303. The molecule has 0 amide bonds. The summed E-state index contributed by atoms with van der Waals surface area (Å²) in [5.41, 5.74) is 0. The molecule has 0 aliphatic carbocycles. The second-order valence-electron chi connectivity index (χ2n) is 2.55. The highest BCUT2D eigenvalue weighted by molar-refractivity contribution is 9.02. The van der Waals surface area contributed by atoms with Gasteiger partial charge in [-0.2, -0.15) is 0 Å². The molecule has 0 spiro atoms. The number of carboxylic acid groups (broad SMARTS) is 1. The largest absolute Gasteiger partial charge is 0.481 e. The fourth-order valence-electron chi connectivity index (χ4n) is 0.688. The summed E-state index contributed by atoms with van der Waals surface area (Å²) >= 11 is 4.23. The van der Waals surface area contributed by atoms with Gasteiger partial charge in [-0.15, -0.1) is 0 Å². The SMILES string of the molecule is CCOC(=O)CCS[S+](S)CCC(=O)O. The summed E-state index contributed by atoms with van der Waals surface area (Å²) in [6, 6.07) is 0. The molecule has 1 N–H and O–H groups in total. The summed E-state index contributed by atoms with van der Waals surface area (Å²) in [5, 5.41) is 8.43. The fraction of sp³-hybridized carbons (Fsp3) is 0.750. The van der Waals surface area contributed by atoms with Crippen LogP contribution >= 0.6 is 22.5 Å². The summed E-state index contributed by atoms with van der Waals surface area (Å²) in [6.45, 7) is 2.16. The third kappa shape index (κ3) is 10.3. The Labute approximate surface area is 101 Å². The van der Waals surface area contributed by atoms with Gasteiger partial charge in [0.05, 0.1) is 36.9 Å². The topological polar surface area (TPSA) is 63.6 Å². The monoisotopic (exact) mass is 271 g/mol. The summed E-state index contributed by atoms with van der Waals surface area (Å²) in [6.07, 6.45) is 0.481. The van der Waals surface area contributed by atoms with Gasteiger partial charge < -0.3 is 9.84 Å². The Morgan fingerprint density at radius 2 is 2.13 bits per heavy atom. The van der Waals surface area contributed by atoms with Gasteiger partial charge >= 0.3 is 11.9 Å². The third-order valence-electron chi connectivity index (χ3n) is 1.32. The van der Waals surface area contributed by atoms with Crippen molar-refractivity contribution in [2.45, 2.75) is 19.8 Å². The van der Waals surface area contributed by atoms with Crippen molar-refractivity contribution in [3.05, 3.63) is 0 Å². The molecule has 0 fully saturated rings. The zero-order valence-electron chi connectivity index (χ0n) is 8.47. The van der Waals surface area contributed by atoms with E-state index in [0.29, 0.717) is 24.5 Å². The first-order valence-corrected chi connectivity index (χ1v) is 8.41. The Balaban J connectivity index is 3.41. The van der Waals surface area contributed by atoms with Crippen molar-refractivity contribution in [3.8, 4) is 0 Å². The predicted octanol–water partition coefficient (Wildman–Crippen LogP) is 1.53. The van der Waals surface area contributed by atoms with E-state index in [-0.39, 0.29) is 21.3 Å². The first kappa shape index (κ1) is 15.0. The average molecular weight is 271 g/mol. The predicted molar refractivity (Wildman–Crippen MR) is 67.2 cm³/mol. The Morgan fingerprint density at radius 3 is 2.67 bits per heavy atom. The van der Waals surface area contributed by atoms with Crippen molar-refractivity contribution in [3.63, 3.8) is 0 Å². The molecular formula is C8H15O4S3+. The molecule has 0 heterocycles. The van der Waals surface area contributed by atoms with Crippen LogP contribution in [0.1, 0.15) is 19.8 Å². The zero-order valence-corrected chi connectivity index (χ0v) is 11.0. The van der Waals surface area contributed by atoms with Crippen molar-refractivity contribution >= 4 is 43.4 Å². The van der Waals surface area contributed by atoms with E-state index in [1.807, 2.05) is 0 Å². The summed E-state index contributed by atoms with van der Waals surface area (Å²) < 4.78 is 4.75. The van der Waals surface area contributed by atoms with Crippen LogP contribution in [-0.4, -0.2) is 35.2 Å². The van der Waals surface area contributed by atoms with Gasteiger partial charge in [-0.1, -0.05) is 0 Å². The molecule has 1 atom stereocenters. The molecule has 0 bridgehead atoms. The molecule has 0 aliphatic heterocycles. The van der Waals surface area contributed by atoms with E-state index in [0.717, 1.165) is 0 Å². The van der Waals surface area contributed by atoms with Gasteiger partial charge in [0.25, 0.3) is 0 Å². The van der Waals surface area contributed by atoms with E-state index in [4.69, 9.17) is 9.84 Å². The van der Waals surface area contributed by atoms with Gasteiger partial charge in [-0.05, 0) is 6.92 Å². The van der Waals surface area contributed by atoms with Crippen molar-refractivity contribution < 1.29 is 19.4 Å². The molecule has 1 unspecified atom stereocenters. The molecule has 0 aromatic heterocycles. The molecule has 0 aromatic rings. The van der Waals surface area contributed by atoms with Crippen molar-refractivity contribution in [1.82, 2.24) is 0 Å². The highest BCUT2D eigenvalue weighted by Crippen LogP contribution is 2.22.